The van der Waals surface area contributed by atoms with Crippen molar-refractivity contribution in [3.8, 4) is 11.5 Å². The lowest BCUT2D eigenvalue weighted by Gasteiger charge is -2.31. The molecular weight excluding hydrogens is 416 g/mol. The number of carbonyl (C=O) groups excluding carboxylic acids is 2. The van der Waals surface area contributed by atoms with Crippen LogP contribution in [0.1, 0.15) is 50.3 Å². The zero-order valence-electron chi connectivity index (χ0n) is 20.8. The molecule has 2 amide bonds. The second kappa shape index (κ2) is 12.9. The van der Waals surface area contributed by atoms with Gasteiger partial charge in [-0.3, -0.25) is 9.59 Å². The summed E-state index contributed by atoms with van der Waals surface area (Å²) in [5.74, 6) is 1.50. The van der Waals surface area contributed by atoms with Gasteiger partial charge in [0.25, 0.3) is 0 Å². The molecule has 2 aromatic rings. The summed E-state index contributed by atoms with van der Waals surface area (Å²) >= 11 is 0. The number of nitrogens with zero attached hydrogens (tertiary/aromatic N) is 1. The number of hydrogen-bond acceptors (Lipinski definition) is 4. The number of rotatable bonds is 12. The predicted molar refractivity (Wildman–Crippen MR) is 132 cm³/mol. The summed E-state index contributed by atoms with van der Waals surface area (Å²) in [5.41, 5.74) is 3.13. The lowest BCUT2D eigenvalue weighted by Crippen LogP contribution is -2.49. The molecule has 2 aromatic carbocycles. The van der Waals surface area contributed by atoms with Crippen LogP contribution in [-0.4, -0.2) is 43.5 Å². The number of benzene rings is 2. The number of aryl methyl sites for hydroxylation is 2. The Morgan fingerprint density at radius 1 is 1.03 bits per heavy atom. The molecule has 0 aliphatic carbocycles. The van der Waals surface area contributed by atoms with Crippen molar-refractivity contribution in [2.45, 2.75) is 59.5 Å². The molecule has 0 spiro atoms. The first kappa shape index (κ1) is 26.2. The third-order valence-corrected chi connectivity index (χ3v) is 5.75. The van der Waals surface area contributed by atoms with Crippen LogP contribution in [0.4, 0.5) is 0 Å². The maximum absolute atomic E-state index is 13.4. The van der Waals surface area contributed by atoms with Gasteiger partial charge < -0.3 is 19.7 Å². The molecule has 0 heterocycles. The van der Waals surface area contributed by atoms with Crippen LogP contribution in [0.15, 0.2) is 42.5 Å². The van der Waals surface area contributed by atoms with E-state index in [2.05, 4.69) is 19.2 Å². The largest absolute Gasteiger partial charge is 0.493 e. The Morgan fingerprint density at radius 3 is 2.33 bits per heavy atom. The van der Waals surface area contributed by atoms with Gasteiger partial charge in [0.15, 0.2) is 11.5 Å². The average Bonchev–Trinajstić information content (AvgIpc) is 2.81. The SMILES string of the molecule is CC[C@@H](C(=O)NCC(C)C)N(Cc1ccccc1C)C(=O)CCc1ccc(OC)c(OC)c1. The minimum atomic E-state index is -0.513. The van der Waals surface area contributed by atoms with Gasteiger partial charge in [0.1, 0.15) is 6.04 Å². The molecule has 6 heteroatoms. The standard InChI is InChI=1S/C27H38N2O4/c1-7-23(27(31)28-17-19(2)3)29(18-22-11-9-8-10-20(22)4)26(30)15-13-21-12-14-24(32-5)25(16-21)33-6/h8-12,14,16,19,23H,7,13,15,17-18H2,1-6H3,(H,28,31)/t23-/m0/s1. The second-order valence-electron chi connectivity index (χ2n) is 8.70. The molecule has 0 saturated carbocycles. The quantitative estimate of drug-likeness (QED) is 0.512. The van der Waals surface area contributed by atoms with Crippen molar-refractivity contribution in [2.24, 2.45) is 5.92 Å². The summed E-state index contributed by atoms with van der Waals surface area (Å²) in [5, 5.41) is 3.01. The van der Waals surface area contributed by atoms with Gasteiger partial charge in [0.2, 0.25) is 11.8 Å². The molecule has 0 aliphatic heterocycles. The van der Waals surface area contributed by atoms with Gasteiger partial charge in [-0.15, -0.1) is 0 Å². The number of methoxy groups -OCH3 is 2. The minimum Gasteiger partial charge on any atom is -0.493 e. The van der Waals surface area contributed by atoms with E-state index < -0.39 is 6.04 Å². The van der Waals surface area contributed by atoms with Gasteiger partial charge in [-0.1, -0.05) is 51.1 Å². The number of ether oxygens (including phenoxy) is 2. The van der Waals surface area contributed by atoms with E-state index in [9.17, 15) is 9.59 Å². The molecule has 0 unspecified atom stereocenters. The number of nitrogens with one attached hydrogen (secondary N) is 1. The van der Waals surface area contributed by atoms with E-state index in [1.54, 1.807) is 19.1 Å². The highest BCUT2D eigenvalue weighted by molar-refractivity contribution is 5.87. The van der Waals surface area contributed by atoms with Crippen molar-refractivity contribution in [3.05, 3.63) is 59.2 Å². The predicted octanol–water partition coefficient (Wildman–Crippen LogP) is 4.52. The summed E-state index contributed by atoms with van der Waals surface area (Å²) in [6.45, 7) is 9.09. The van der Waals surface area contributed by atoms with E-state index >= 15 is 0 Å². The molecular formula is C27H38N2O4. The van der Waals surface area contributed by atoms with E-state index in [4.69, 9.17) is 9.47 Å². The van der Waals surface area contributed by atoms with Crippen molar-refractivity contribution < 1.29 is 19.1 Å². The highest BCUT2D eigenvalue weighted by Gasteiger charge is 2.28. The number of amides is 2. The molecule has 1 atom stereocenters. The van der Waals surface area contributed by atoms with E-state index in [0.29, 0.717) is 49.8 Å². The van der Waals surface area contributed by atoms with E-state index in [0.717, 1.165) is 16.7 Å². The third-order valence-electron chi connectivity index (χ3n) is 5.75. The number of hydrogen-bond donors (Lipinski definition) is 1. The Bertz CT molecular complexity index is 926. The van der Waals surface area contributed by atoms with Crippen molar-refractivity contribution in [1.82, 2.24) is 10.2 Å². The van der Waals surface area contributed by atoms with Crippen LogP contribution in [0.25, 0.3) is 0 Å². The maximum Gasteiger partial charge on any atom is 0.242 e. The van der Waals surface area contributed by atoms with Gasteiger partial charge in [-0.05, 0) is 54.5 Å². The third kappa shape index (κ3) is 7.52. The summed E-state index contributed by atoms with van der Waals surface area (Å²) in [6, 6.07) is 13.2. The Hall–Kier alpha value is -3.02. The Kier molecular flexibility index (Phi) is 10.2. The van der Waals surface area contributed by atoms with Crippen molar-refractivity contribution in [3.63, 3.8) is 0 Å². The van der Waals surface area contributed by atoms with E-state index in [1.165, 1.54) is 0 Å². The van der Waals surface area contributed by atoms with E-state index in [1.807, 2.05) is 56.3 Å². The fourth-order valence-electron chi connectivity index (χ4n) is 3.74. The second-order valence-corrected chi connectivity index (χ2v) is 8.70. The van der Waals surface area contributed by atoms with E-state index in [-0.39, 0.29) is 11.8 Å². The Labute approximate surface area is 198 Å². The average molecular weight is 455 g/mol. The smallest absolute Gasteiger partial charge is 0.242 e. The molecule has 6 nitrogen and oxygen atoms in total. The van der Waals surface area contributed by atoms with Crippen molar-refractivity contribution in [2.75, 3.05) is 20.8 Å². The molecule has 0 radical (unpaired) electrons. The molecule has 0 fully saturated rings. The summed E-state index contributed by atoms with van der Waals surface area (Å²) in [7, 11) is 3.19. The zero-order valence-corrected chi connectivity index (χ0v) is 20.8. The first-order valence-electron chi connectivity index (χ1n) is 11.6. The highest BCUT2D eigenvalue weighted by atomic mass is 16.5. The molecule has 0 aromatic heterocycles. The molecule has 33 heavy (non-hydrogen) atoms. The van der Waals surface area contributed by atoms with Crippen LogP contribution < -0.4 is 14.8 Å². The van der Waals surface area contributed by atoms with Gasteiger partial charge in [0.05, 0.1) is 14.2 Å². The normalized spacial score (nSPS) is 11.7. The van der Waals surface area contributed by atoms with Crippen molar-refractivity contribution in [1.29, 1.82) is 0 Å². The maximum atomic E-state index is 13.4. The summed E-state index contributed by atoms with van der Waals surface area (Å²) < 4.78 is 10.7. The topological polar surface area (TPSA) is 67.9 Å². The molecule has 180 valence electrons. The van der Waals surface area contributed by atoms with Gasteiger partial charge >= 0.3 is 0 Å². The van der Waals surface area contributed by atoms with Crippen LogP contribution in [0.5, 0.6) is 11.5 Å². The van der Waals surface area contributed by atoms with Crippen LogP contribution in [0, 0.1) is 12.8 Å². The van der Waals surface area contributed by atoms with Gasteiger partial charge in [-0.25, -0.2) is 0 Å². The fourth-order valence-corrected chi connectivity index (χ4v) is 3.74. The van der Waals surface area contributed by atoms with Crippen LogP contribution in [0.2, 0.25) is 0 Å². The van der Waals surface area contributed by atoms with Gasteiger partial charge in [-0.2, -0.15) is 0 Å². The number of carbonyl (C=O) groups is 2. The first-order valence-corrected chi connectivity index (χ1v) is 11.6. The van der Waals surface area contributed by atoms with Crippen LogP contribution >= 0.6 is 0 Å². The van der Waals surface area contributed by atoms with Gasteiger partial charge in [0, 0.05) is 19.5 Å². The molecule has 1 N–H and O–H groups in total. The lowest BCUT2D eigenvalue weighted by atomic mass is 10.0. The molecule has 0 bridgehead atoms. The summed E-state index contributed by atoms with van der Waals surface area (Å²) in [6.07, 6.45) is 1.40. The Balaban J connectivity index is 2.23. The van der Waals surface area contributed by atoms with Crippen LogP contribution in [-0.2, 0) is 22.6 Å². The molecule has 0 saturated heterocycles. The zero-order chi connectivity index (χ0) is 24.4. The fraction of sp³-hybridized carbons (Fsp3) is 0.481. The monoisotopic (exact) mass is 454 g/mol. The highest BCUT2D eigenvalue weighted by Crippen LogP contribution is 2.28. The minimum absolute atomic E-state index is 0.0421. The Morgan fingerprint density at radius 2 is 1.73 bits per heavy atom. The summed E-state index contributed by atoms with van der Waals surface area (Å²) in [4.78, 5) is 28.2. The molecule has 0 aliphatic rings. The van der Waals surface area contributed by atoms with Crippen LogP contribution in [0.3, 0.4) is 0 Å². The first-order chi connectivity index (χ1) is 15.8. The molecule has 2 rings (SSSR count). The van der Waals surface area contributed by atoms with Crippen molar-refractivity contribution >= 4 is 11.8 Å². The lowest BCUT2D eigenvalue weighted by molar-refractivity contribution is -0.141.